The van der Waals surface area contributed by atoms with Crippen LogP contribution in [0.5, 0.6) is 0 Å². The molecule has 0 heterocycles. The van der Waals surface area contributed by atoms with Crippen molar-refractivity contribution in [3.05, 3.63) is 0 Å². The van der Waals surface area contributed by atoms with Crippen LogP contribution in [-0.2, 0) is 0 Å². The van der Waals surface area contributed by atoms with Crippen LogP contribution in [0.15, 0.2) is 0 Å². The van der Waals surface area contributed by atoms with E-state index < -0.39 is 0 Å². The van der Waals surface area contributed by atoms with Gasteiger partial charge in [-0.3, -0.25) is 0 Å². The normalized spacial score (nSPS) is 11.3. The van der Waals surface area contributed by atoms with E-state index in [1.807, 2.05) is 0 Å². The smallest absolute Gasteiger partial charge is 0.0520 e. The highest BCUT2D eigenvalue weighted by Gasteiger charge is 1.95. The van der Waals surface area contributed by atoms with Crippen LogP contribution in [0.4, 0.5) is 0 Å². The van der Waals surface area contributed by atoms with Crippen LogP contribution in [0.3, 0.4) is 0 Å². The summed E-state index contributed by atoms with van der Waals surface area (Å²) in [4.78, 5) is 0. The standard InChI is InChI=1S/C16H36N2/c1-2-3-4-5-6-7-8-9-10-11-12-13-14-15-16(17)18/h16H,2-15,17-18H2,1H3. The Hall–Kier alpha value is -0.0800. The lowest BCUT2D eigenvalue weighted by Gasteiger charge is -2.05. The zero-order chi connectivity index (χ0) is 13.5. The Morgan fingerprint density at radius 1 is 0.556 bits per heavy atom. The molecule has 0 aliphatic heterocycles. The van der Waals surface area contributed by atoms with Gasteiger partial charge >= 0.3 is 0 Å². The van der Waals surface area contributed by atoms with Crippen molar-refractivity contribution < 1.29 is 0 Å². The molecule has 110 valence electrons. The lowest BCUT2D eigenvalue weighted by molar-refractivity contribution is 0.521. The minimum absolute atomic E-state index is 0.0993. The lowest BCUT2D eigenvalue weighted by atomic mass is 10.0. The van der Waals surface area contributed by atoms with Crippen LogP contribution >= 0.6 is 0 Å². The second-order valence-electron chi connectivity index (χ2n) is 5.70. The molecule has 0 fully saturated rings. The van der Waals surface area contributed by atoms with Crippen molar-refractivity contribution in [1.82, 2.24) is 0 Å². The molecule has 0 aromatic rings. The van der Waals surface area contributed by atoms with Gasteiger partial charge < -0.3 is 11.5 Å². The van der Waals surface area contributed by atoms with Gasteiger partial charge in [-0.05, 0) is 6.42 Å². The molecule has 0 aromatic heterocycles. The predicted octanol–water partition coefficient (Wildman–Crippen LogP) is 4.71. The first-order chi connectivity index (χ1) is 8.77. The quantitative estimate of drug-likeness (QED) is 0.349. The van der Waals surface area contributed by atoms with E-state index in [-0.39, 0.29) is 6.17 Å². The maximum Gasteiger partial charge on any atom is 0.0520 e. The Kier molecular flexibility index (Phi) is 14.9. The largest absolute Gasteiger partial charge is 0.316 e. The summed E-state index contributed by atoms with van der Waals surface area (Å²) in [6, 6.07) is 0. The molecular weight excluding hydrogens is 220 g/mol. The number of nitrogens with two attached hydrogens (primary N) is 2. The van der Waals surface area contributed by atoms with Gasteiger partial charge in [0.2, 0.25) is 0 Å². The molecule has 0 amide bonds. The van der Waals surface area contributed by atoms with Gasteiger partial charge in [0.1, 0.15) is 0 Å². The molecule has 4 N–H and O–H groups in total. The Balaban J connectivity index is 2.90. The highest BCUT2D eigenvalue weighted by molar-refractivity contribution is 4.52. The highest BCUT2D eigenvalue weighted by Crippen LogP contribution is 2.12. The van der Waals surface area contributed by atoms with E-state index in [0.717, 1.165) is 6.42 Å². The van der Waals surface area contributed by atoms with Gasteiger partial charge in [0.25, 0.3) is 0 Å². The third kappa shape index (κ3) is 15.9. The fraction of sp³-hybridized carbons (Fsp3) is 1.00. The molecule has 0 atom stereocenters. The van der Waals surface area contributed by atoms with E-state index in [1.165, 1.54) is 83.5 Å². The molecular formula is C16H36N2. The van der Waals surface area contributed by atoms with Crippen molar-refractivity contribution >= 4 is 0 Å². The average molecular weight is 256 g/mol. The molecule has 0 saturated carbocycles. The van der Waals surface area contributed by atoms with Crippen molar-refractivity contribution in [1.29, 1.82) is 0 Å². The maximum absolute atomic E-state index is 5.51. The van der Waals surface area contributed by atoms with Crippen LogP contribution in [-0.4, -0.2) is 6.17 Å². The van der Waals surface area contributed by atoms with Crippen molar-refractivity contribution in [2.75, 3.05) is 0 Å². The summed E-state index contributed by atoms with van der Waals surface area (Å²) in [6.07, 6.45) is 19.0. The van der Waals surface area contributed by atoms with Gasteiger partial charge in [-0.15, -0.1) is 0 Å². The fourth-order valence-electron chi connectivity index (χ4n) is 2.40. The molecule has 0 rings (SSSR count). The summed E-state index contributed by atoms with van der Waals surface area (Å²) in [7, 11) is 0. The molecule has 0 aliphatic carbocycles. The molecule has 0 aliphatic rings. The van der Waals surface area contributed by atoms with E-state index in [9.17, 15) is 0 Å². The summed E-state index contributed by atoms with van der Waals surface area (Å²) < 4.78 is 0. The monoisotopic (exact) mass is 256 g/mol. The summed E-state index contributed by atoms with van der Waals surface area (Å²) in [5.74, 6) is 0. The van der Waals surface area contributed by atoms with E-state index in [1.54, 1.807) is 0 Å². The van der Waals surface area contributed by atoms with E-state index >= 15 is 0 Å². The van der Waals surface area contributed by atoms with Gasteiger partial charge in [0.15, 0.2) is 0 Å². The van der Waals surface area contributed by atoms with Crippen molar-refractivity contribution in [3.63, 3.8) is 0 Å². The fourth-order valence-corrected chi connectivity index (χ4v) is 2.40. The molecule has 0 bridgehead atoms. The topological polar surface area (TPSA) is 52.0 Å². The minimum Gasteiger partial charge on any atom is -0.316 e. The predicted molar refractivity (Wildman–Crippen MR) is 82.5 cm³/mol. The second kappa shape index (κ2) is 15.0. The van der Waals surface area contributed by atoms with Gasteiger partial charge in [0.05, 0.1) is 6.17 Å². The first kappa shape index (κ1) is 17.9. The summed E-state index contributed by atoms with van der Waals surface area (Å²) in [5, 5.41) is 0. The van der Waals surface area contributed by atoms with Crippen molar-refractivity contribution in [2.24, 2.45) is 11.5 Å². The van der Waals surface area contributed by atoms with Crippen LogP contribution in [0.25, 0.3) is 0 Å². The second-order valence-corrected chi connectivity index (χ2v) is 5.70. The SMILES string of the molecule is CCCCCCCCCCCCCCCC(N)N. The Morgan fingerprint density at radius 2 is 0.889 bits per heavy atom. The Morgan fingerprint density at radius 3 is 1.22 bits per heavy atom. The molecule has 2 nitrogen and oxygen atoms in total. The number of hydrogen-bond acceptors (Lipinski definition) is 2. The number of hydrogen-bond donors (Lipinski definition) is 2. The van der Waals surface area contributed by atoms with Crippen molar-refractivity contribution in [2.45, 2.75) is 103 Å². The molecule has 0 unspecified atom stereocenters. The first-order valence-electron chi connectivity index (χ1n) is 8.28. The summed E-state index contributed by atoms with van der Waals surface area (Å²) in [6.45, 7) is 2.28. The average Bonchev–Trinajstić information content (AvgIpc) is 2.34. The summed E-state index contributed by atoms with van der Waals surface area (Å²) >= 11 is 0. The van der Waals surface area contributed by atoms with Crippen LogP contribution < -0.4 is 11.5 Å². The maximum atomic E-state index is 5.51. The van der Waals surface area contributed by atoms with E-state index in [4.69, 9.17) is 11.5 Å². The minimum atomic E-state index is -0.0993. The van der Waals surface area contributed by atoms with Crippen LogP contribution in [0.2, 0.25) is 0 Å². The third-order valence-corrected chi connectivity index (χ3v) is 3.64. The molecule has 2 heteroatoms. The van der Waals surface area contributed by atoms with Crippen LogP contribution in [0, 0.1) is 0 Å². The molecule has 0 saturated heterocycles. The molecule has 0 aromatic carbocycles. The number of rotatable bonds is 14. The van der Waals surface area contributed by atoms with Gasteiger partial charge in [-0.2, -0.15) is 0 Å². The van der Waals surface area contributed by atoms with Gasteiger partial charge in [0, 0.05) is 0 Å². The lowest BCUT2D eigenvalue weighted by Crippen LogP contribution is -2.29. The van der Waals surface area contributed by atoms with Crippen molar-refractivity contribution in [3.8, 4) is 0 Å². The van der Waals surface area contributed by atoms with Gasteiger partial charge in [-0.1, -0.05) is 90.4 Å². The summed E-state index contributed by atoms with van der Waals surface area (Å²) in [5.41, 5.74) is 11.0. The highest BCUT2D eigenvalue weighted by atomic mass is 14.8. The van der Waals surface area contributed by atoms with E-state index in [0.29, 0.717) is 0 Å². The first-order valence-corrected chi connectivity index (χ1v) is 8.28. The molecule has 0 spiro atoms. The zero-order valence-electron chi connectivity index (χ0n) is 12.6. The Labute approximate surface area is 115 Å². The molecule has 0 radical (unpaired) electrons. The van der Waals surface area contributed by atoms with Gasteiger partial charge in [-0.25, -0.2) is 0 Å². The van der Waals surface area contributed by atoms with E-state index in [2.05, 4.69) is 6.92 Å². The molecule has 18 heavy (non-hydrogen) atoms. The zero-order valence-corrected chi connectivity index (χ0v) is 12.6. The Bertz CT molecular complexity index is 146. The van der Waals surface area contributed by atoms with Crippen LogP contribution in [0.1, 0.15) is 96.8 Å². The third-order valence-electron chi connectivity index (χ3n) is 3.64. The number of unbranched alkanes of at least 4 members (excludes halogenated alkanes) is 12.